The normalized spacial score (nSPS) is 17.3. The van der Waals surface area contributed by atoms with Crippen molar-refractivity contribution in [3.63, 3.8) is 0 Å². The zero-order valence-electron chi connectivity index (χ0n) is 64.5. The fraction of sp³-hybridized carbons (Fsp3) is 0.448. The maximum atomic E-state index is 12.5. The molecule has 112 heavy (non-hydrogen) atoms. The number of ketones is 1. The summed E-state index contributed by atoms with van der Waals surface area (Å²) in [6.45, 7) is 8.42. The van der Waals surface area contributed by atoms with Gasteiger partial charge in [-0.15, -0.1) is 57.1 Å². The van der Waals surface area contributed by atoms with Crippen LogP contribution in [0.25, 0.3) is 0 Å². The minimum Gasteiger partial charge on any atom is -0.477 e. The van der Waals surface area contributed by atoms with Crippen LogP contribution >= 0.6 is 57.1 Å². The number of amides is 4. The zero-order valence-corrected chi connectivity index (χ0v) is 68.5. The molecule has 6 unspecified atom stereocenters. The van der Waals surface area contributed by atoms with Crippen molar-refractivity contribution in [2.24, 2.45) is 0 Å². The number of thiophene rings is 4. The first-order valence-corrected chi connectivity index (χ1v) is 43.5. The number of carbonyl (C=O) groups excluding carboxylic acids is 5. The van der Waals surface area contributed by atoms with Crippen molar-refractivity contribution in [2.45, 2.75) is 224 Å². The maximum Gasteiger partial charge on any atom is 0.345 e. The summed E-state index contributed by atoms with van der Waals surface area (Å²) in [7, 11) is 0. The summed E-state index contributed by atoms with van der Waals surface area (Å²) < 4.78 is 17.1. The number of para-hydroxylation sites is 1. The Bertz CT molecular complexity index is 4150. The van der Waals surface area contributed by atoms with E-state index in [1.165, 1.54) is 70.1 Å². The number of carboxylic acid groups (broad SMARTS) is 3. The number of aliphatic hydroxyl groups is 2. The van der Waals surface area contributed by atoms with E-state index in [9.17, 15) is 48.6 Å². The van der Waals surface area contributed by atoms with Crippen LogP contribution in [0.5, 0.6) is 0 Å². The number of aromatic carboxylic acids is 3. The SMILES string of the molecule is CC(=O)c1ccc(CCCC2OCC(=O)N2c2ccccc2)s1.CCCCCC(O)c1ccc(N2C(=O)COC2CCCc2ccc(C(=O)O)s2)cc1.CCCCCC(O)c1ccc(N2C(=O)CSC2CCCc2ccc(C(=O)O)s2)cc1.CCCCCCc1ccc(N2C(=O)COC2CCCc2ccc(C(=O)O)s2)cc1. The van der Waals surface area contributed by atoms with Crippen LogP contribution in [0.2, 0.25) is 0 Å². The van der Waals surface area contributed by atoms with Crippen LogP contribution in [-0.4, -0.2) is 122 Å². The summed E-state index contributed by atoms with van der Waals surface area (Å²) in [6, 6.07) is 47.6. The summed E-state index contributed by atoms with van der Waals surface area (Å²) in [6.07, 6.45) is 22.1. The van der Waals surface area contributed by atoms with Crippen molar-refractivity contribution in [1.82, 2.24) is 0 Å². The lowest BCUT2D eigenvalue weighted by Crippen LogP contribution is -2.33. The number of ether oxygens (including phenoxy) is 3. The van der Waals surface area contributed by atoms with Gasteiger partial charge >= 0.3 is 17.9 Å². The van der Waals surface area contributed by atoms with Gasteiger partial charge < -0.3 is 39.7 Å². The number of rotatable bonds is 39. The summed E-state index contributed by atoms with van der Waals surface area (Å²) in [5, 5.41) is 47.9. The average Bonchev–Trinajstić information content (AvgIpc) is 1.69. The molecule has 4 amide bonds. The molecule has 600 valence electrons. The van der Waals surface area contributed by atoms with Gasteiger partial charge in [0.1, 0.15) is 53.1 Å². The maximum absolute atomic E-state index is 12.5. The van der Waals surface area contributed by atoms with Gasteiger partial charge in [-0.2, -0.15) is 0 Å². The molecule has 8 aromatic rings. The summed E-state index contributed by atoms with van der Waals surface area (Å²) in [5.74, 6) is -2.02. The fourth-order valence-corrected chi connectivity index (χ4v) is 18.6. The van der Waals surface area contributed by atoms with E-state index in [-0.39, 0.29) is 73.3 Å². The van der Waals surface area contributed by atoms with E-state index in [1.54, 1.807) is 62.9 Å². The lowest BCUT2D eigenvalue weighted by atomic mass is 10.0. The second-order valence-corrected chi connectivity index (χ2v) is 34.1. The summed E-state index contributed by atoms with van der Waals surface area (Å²) >= 11 is 7.13. The van der Waals surface area contributed by atoms with Gasteiger partial charge in [-0.25, -0.2) is 14.4 Å². The highest BCUT2D eigenvalue weighted by Gasteiger charge is 2.37. The van der Waals surface area contributed by atoms with Gasteiger partial charge in [-0.3, -0.25) is 43.6 Å². The van der Waals surface area contributed by atoms with E-state index < -0.39 is 30.1 Å². The first-order chi connectivity index (χ1) is 54.2. The van der Waals surface area contributed by atoms with Crippen molar-refractivity contribution in [2.75, 3.05) is 45.2 Å². The Hall–Kier alpha value is -8.21. The molecule has 4 aromatic carbocycles. The molecule has 0 saturated carbocycles. The van der Waals surface area contributed by atoms with Gasteiger partial charge in [-0.1, -0.05) is 133 Å². The molecule has 4 aromatic heterocycles. The molecule has 25 heteroatoms. The van der Waals surface area contributed by atoms with Gasteiger partial charge in [0.15, 0.2) is 5.78 Å². The Balaban J connectivity index is 0.000000172. The number of anilines is 4. The number of hydrogen-bond acceptors (Lipinski definition) is 18. The van der Waals surface area contributed by atoms with Crippen LogP contribution in [0.15, 0.2) is 152 Å². The topological polar surface area (TPSA) is 278 Å². The Morgan fingerprint density at radius 1 is 0.384 bits per heavy atom. The quantitative estimate of drug-likeness (QED) is 0.0177. The third kappa shape index (κ3) is 26.4. The third-order valence-corrected chi connectivity index (χ3v) is 25.7. The number of hydrogen-bond donors (Lipinski definition) is 5. The molecule has 0 bridgehead atoms. The number of carbonyl (C=O) groups is 8. The third-order valence-electron chi connectivity index (χ3n) is 19.8. The highest BCUT2D eigenvalue weighted by atomic mass is 32.2. The molecule has 4 aliphatic heterocycles. The van der Waals surface area contributed by atoms with Crippen molar-refractivity contribution < 1.29 is 78.1 Å². The van der Waals surface area contributed by atoms with Crippen LogP contribution in [-0.2, 0) is 65.5 Å². The Morgan fingerprint density at radius 3 is 1.10 bits per heavy atom. The average molecular weight is 1620 g/mol. The number of carboxylic acids is 3. The van der Waals surface area contributed by atoms with Gasteiger partial charge in [0.2, 0.25) is 5.91 Å². The van der Waals surface area contributed by atoms with Crippen molar-refractivity contribution in [3.05, 3.63) is 207 Å². The Kier molecular flexibility index (Phi) is 35.7. The van der Waals surface area contributed by atoms with Crippen molar-refractivity contribution in [1.29, 1.82) is 0 Å². The second kappa shape index (κ2) is 45.6. The molecule has 0 aliphatic carbocycles. The number of aliphatic hydroxyl groups excluding tert-OH is 2. The number of nitrogens with zero attached hydrogens (tertiary/aromatic N) is 4. The molecule has 4 aliphatic rings. The van der Waals surface area contributed by atoms with Crippen molar-refractivity contribution >= 4 is 127 Å². The molecule has 4 fully saturated rings. The first kappa shape index (κ1) is 87.8. The molecular weight excluding hydrogens is 1520 g/mol. The minimum atomic E-state index is -0.902. The molecule has 4 saturated heterocycles. The largest absolute Gasteiger partial charge is 0.477 e. The summed E-state index contributed by atoms with van der Waals surface area (Å²) in [5.41, 5.74) is 6.50. The number of aryl methyl sites for hydroxylation is 5. The van der Waals surface area contributed by atoms with E-state index >= 15 is 0 Å². The number of Topliss-reactive ketones (excluding diaryl/α,β-unsaturated/α-hetero) is 1. The summed E-state index contributed by atoms with van der Waals surface area (Å²) in [4.78, 5) is 107. The van der Waals surface area contributed by atoms with E-state index in [1.807, 2.05) is 126 Å². The molecule has 5 N–H and O–H groups in total. The Morgan fingerprint density at radius 2 is 0.732 bits per heavy atom. The number of thioether (sulfide) groups is 1. The number of benzene rings is 4. The molecule has 8 heterocycles. The van der Waals surface area contributed by atoms with Crippen LogP contribution in [0.3, 0.4) is 0 Å². The predicted molar refractivity (Wildman–Crippen MR) is 447 cm³/mol. The van der Waals surface area contributed by atoms with E-state index in [2.05, 4.69) is 32.9 Å². The van der Waals surface area contributed by atoms with Gasteiger partial charge in [0.05, 0.1) is 28.2 Å². The van der Waals surface area contributed by atoms with Gasteiger partial charge in [0, 0.05) is 42.3 Å². The predicted octanol–water partition coefficient (Wildman–Crippen LogP) is 19.2. The van der Waals surface area contributed by atoms with E-state index in [0.29, 0.717) is 26.8 Å². The zero-order chi connectivity index (χ0) is 79.9. The standard InChI is InChI=1S/C23H29NO5S.C23H29NO4S2.C23H29NO4S.C18H19NO3S/c2*1-2-3-4-7-19(25)16-9-11-17(12-10-16)24-21(26)15-29-22(24)8-5-6-18-13-14-20(30-18)23(27)28;1-2-3-4-5-7-17-10-12-18(13-11-17)24-21(25)16-28-22(24)9-6-8-19-14-15-20(29-19)23(26)27;1-13(20)16-11-10-15(23-16)8-5-9-18-19(17(21)12-22-18)14-6-3-2-4-7-14/h2*9-14,19,22,25H,2-8,15H2,1H3,(H,27,28);10-15,22H,2-9,16H2,1H3,(H,26,27);2-4,6-7,10-11,18H,5,8-9,12H2,1H3. The lowest BCUT2D eigenvalue weighted by Gasteiger charge is -2.24. The molecule has 6 atom stereocenters. The van der Waals surface area contributed by atoms with Crippen LogP contribution < -0.4 is 19.6 Å². The highest BCUT2D eigenvalue weighted by Crippen LogP contribution is 2.37. The lowest BCUT2D eigenvalue weighted by molar-refractivity contribution is -0.118. The first-order valence-electron chi connectivity index (χ1n) is 39.2. The van der Waals surface area contributed by atoms with E-state index in [4.69, 9.17) is 29.5 Å². The Labute approximate surface area is 677 Å². The smallest absolute Gasteiger partial charge is 0.345 e. The number of unbranched alkanes of at least 4 members (excludes halogenated alkanes) is 7. The van der Waals surface area contributed by atoms with Crippen LogP contribution in [0.4, 0.5) is 22.7 Å². The molecule has 20 nitrogen and oxygen atoms in total. The van der Waals surface area contributed by atoms with Crippen LogP contribution in [0.1, 0.15) is 243 Å². The molecule has 12 rings (SSSR count). The second-order valence-electron chi connectivity index (χ2n) is 28.2. The molecular formula is C87H106N4O16S5. The van der Waals surface area contributed by atoms with Gasteiger partial charge in [-0.05, 0) is 223 Å². The van der Waals surface area contributed by atoms with Gasteiger partial charge in [0.25, 0.3) is 17.7 Å². The van der Waals surface area contributed by atoms with E-state index in [0.717, 1.165) is 182 Å². The van der Waals surface area contributed by atoms with Crippen LogP contribution in [0, 0.1) is 0 Å². The minimum absolute atomic E-state index is 0.00465. The van der Waals surface area contributed by atoms with Crippen molar-refractivity contribution in [3.8, 4) is 0 Å². The molecule has 0 spiro atoms. The highest BCUT2D eigenvalue weighted by molar-refractivity contribution is 8.01. The monoisotopic (exact) mass is 1620 g/mol. The molecule has 0 radical (unpaired) electrons. The fourth-order valence-electron chi connectivity index (χ4n) is 13.8.